The number of rotatable bonds is 5. The standard InChI is InChI=1S/C12H12N4O2/c13-5-9-1-3-10(4-2-9)11(17)6-14-7-12-15-8-18-16-12/h1-4,8,11,14,17H,6-7H2. The molecule has 0 amide bonds. The lowest BCUT2D eigenvalue weighted by molar-refractivity contribution is 0.174. The van der Waals surface area contributed by atoms with Crippen molar-refractivity contribution in [2.45, 2.75) is 12.6 Å². The summed E-state index contributed by atoms with van der Waals surface area (Å²) in [6.07, 6.45) is 0.623. The van der Waals surface area contributed by atoms with Gasteiger partial charge in [0.05, 0.1) is 24.3 Å². The molecule has 0 aliphatic rings. The quantitative estimate of drug-likeness (QED) is 0.806. The summed E-state index contributed by atoms with van der Waals surface area (Å²) >= 11 is 0. The molecule has 6 nitrogen and oxygen atoms in total. The highest BCUT2D eigenvalue weighted by molar-refractivity contribution is 5.32. The number of aliphatic hydroxyl groups excluding tert-OH is 1. The molecule has 92 valence electrons. The van der Waals surface area contributed by atoms with Crippen LogP contribution in [-0.4, -0.2) is 21.8 Å². The Hall–Kier alpha value is -2.23. The lowest BCUT2D eigenvalue weighted by atomic mass is 10.1. The number of nitrogens with zero attached hydrogens (tertiary/aromatic N) is 3. The highest BCUT2D eigenvalue weighted by atomic mass is 16.5. The van der Waals surface area contributed by atoms with E-state index in [1.807, 2.05) is 6.07 Å². The molecule has 6 heteroatoms. The summed E-state index contributed by atoms with van der Waals surface area (Å²) in [5.41, 5.74) is 1.33. The minimum Gasteiger partial charge on any atom is -0.387 e. The molecule has 1 heterocycles. The van der Waals surface area contributed by atoms with Crippen LogP contribution in [0.4, 0.5) is 0 Å². The third-order valence-electron chi connectivity index (χ3n) is 2.45. The van der Waals surface area contributed by atoms with Gasteiger partial charge in [-0.15, -0.1) is 0 Å². The van der Waals surface area contributed by atoms with Gasteiger partial charge < -0.3 is 14.9 Å². The van der Waals surface area contributed by atoms with Crippen molar-refractivity contribution in [1.82, 2.24) is 15.5 Å². The topological polar surface area (TPSA) is 95.0 Å². The number of aromatic nitrogens is 2. The van der Waals surface area contributed by atoms with Crippen molar-refractivity contribution in [3.05, 3.63) is 47.6 Å². The van der Waals surface area contributed by atoms with E-state index in [-0.39, 0.29) is 0 Å². The average molecular weight is 244 g/mol. The van der Waals surface area contributed by atoms with Gasteiger partial charge in [0, 0.05) is 6.54 Å². The Morgan fingerprint density at radius 1 is 1.39 bits per heavy atom. The molecule has 0 fully saturated rings. The zero-order valence-electron chi connectivity index (χ0n) is 9.58. The summed E-state index contributed by atoms with van der Waals surface area (Å²) in [7, 11) is 0. The van der Waals surface area contributed by atoms with Crippen LogP contribution in [0.2, 0.25) is 0 Å². The van der Waals surface area contributed by atoms with Gasteiger partial charge in [0.25, 0.3) is 0 Å². The van der Waals surface area contributed by atoms with E-state index in [2.05, 4.69) is 20.0 Å². The molecular weight excluding hydrogens is 232 g/mol. The Bertz CT molecular complexity index is 516. The summed E-state index contributed by atoms with van der Waals surface area (Å²) in [4.78, 5) is 3.85. The van der Waals surface area contributed by atoms with Crippen molar-refractivity contribution in [3.63, 3.8) is 0 Å². The van der Waals surface area contributed by atoms with Crippen molar-refractivity contribution in [2.75, 3.05) is 6.54 Å². The van der Waals surface area contributed by atoms with E-state index in [4.69, 9.17) is 5.26 Å². The fourth-order valence-electron chi connectivity index (χ4n) is 1.49. The molecule has 18 heavy (non-hydrogen) atoms. The van der Waals surface area contributed by atoms with Crippen LogP contribution in [0.3, 0.4) is 0 Å². The first-order valence-electron chi connectivity index (χ1n) is 5.43. The van der Waals surface area contributed by atoms with E-state index in [1.165, 1.54) is 6.39 Å². The normalized spacial score (nSPS) is 12.0. The van der Waals surface area contributed by atoms with Crippen LogP contribution in [0.1, 0.15) is 23.1 Å². The Morgan fingerprint density at radius 3 is 2.78 bits per heavy atom. The van der Waals surface area contributed by atoms with Gasteiger partial charge in [-0.3, -0.25) is 0 Å². The minimum atomic E-state index is -0.635. The highest BCUT2D eigenvalue weighted by Crippen LogP contribution is 2.12. The van der Waals surface area contributed by atoms with E-state index in [0.29, 0.717) is 24.5 Å². The Kier molecular flexibility index (Phi) is 4.02. The second-order valence-corrected chi connectivity index (χ2v) is 3.73. The second kappa shape index (κ2) is 5.91. The molecule has 0 aliphatic carbocycles. The second-order valence-electron chi connectivity index (χ2n) is 3.73. The lowest BCUT2D eigenvalue weighted by Gasteiger charge is -2.11. The molecule has 1 unspecified atom stereocenters. The fourth-order valence-corrected chi connectivity index (χ4v) is 1.49. The van der Waals surface area contributed by atoms with Gasteiger partial charge in [-0.1, -0.05) is 17.3 Å². The first kappa shape index (κ1) is 12.2. The van der Waals surface area contributed by atoms with Crippen LogP contribution < -0.4 is 5.32 Å². The van der Waals surface area contributed by atoms with Crippen molar-refractivity contribution in [2.24, 2.45) is 0 Å². The number of nitriles is 1. The maximum atomic E-state index is 9.90. The summed E-state index contributed by atoms with van der Waals surface area (Å²) < 4.78 is 4.59. The van der Waals surface area contributed by atoms with Crippen LogP contribution in [0.5, 0.6) is 0 Å². The third-order valence-corrected chi connectivity index (χ3v) is 2.45. The molecule has 1 atom stereocenters. The van der Waals surface area contributed by atoms with E-state index in [9.17, 15) is 5.11 Å². The zero-order chi connectivity index (χ0) is 12.8. The molecule has 0 spiro atoms. The molecule has 0 saturated carbocycles. The van der Waals surface area contributed by atoms with E-state index in [1.54, 1.807) is 24.3 Å². The molecule has 2 rings (SSSR count). The fraction of sp³-hybridized carbons (Fsp3) is 0.250. The maximum Gasteiger partial charge on any atom is 0.213 e. The van der Waals surface area contributed by atoms with Crippen LogP contribution in [0.25, 0.3) is 0 Å². The predicted molar refractivity (Wildman–Crippen MR) is 62.1 cm³/mol. The smallest absolute Gasteiger partial charge is 0.213 e. The third kappa shape index (κ3) is 3.13. The van der Waals surface area contributed by atoms with Crippen molar-refractivity contribution in [1.29, 1.82) is 5.26 Å². The van der Waals surface area contributed by atoms with Crippen molar-refractivity contribution >= 4 is 0 Å². The highest BCUT2D eigenvalue weighted by Gasteiger charge is 2.07. The molecule has 2 aromatic rings. The summed E-state index contributed by atoms with van der Waals surface area (Å²) in [5.74, 6) is 0.544. The van der Waals surface area contributed by atoms with Crippen LogP contribution in [0, 0.1) is 11.3 Å². The Labute approximate surface area is 104 Å². The lowest BCUT2D eigenvalue weighted by Crippen LogP contribution is -2.21. The predicted octanol–water partition coefficient (Wildman–Crippen LogP) is 0.764. The van der Waals surface area contributed by atoms with Gasteiger partial charge in [0.15, 0.2) is 5.82 Å². The van der Waals surface area contributed by atoms with Crippen LogP contribution >= 0.6 is 0 Å². The van der Waals surface area contributed by atoms with Gasteiger partial charge >= 0.3 is 0 Å². The minimum absolute atomic E-state index is 0.375. The molecule has 2 N–H and O–H groups in total. The Balaban J connectivity index is 1.83. The van der Waals surface area contributed by atoms with Crippen molar-refractivity contribution < 1.29 is 9.63 Å². The van der Waals surface area contributed by atoms with Gasteiger partial charge in [0.2, 0.25) is 6.39 Å². The van der Waals surface area contributed by atoms with Gasteiger partial charge in [0.1, 0.15) is 0 Å². The first-order chi connectivity index (χ1) is 8.79. The number of aliphatic hydroxyl groups is 1. The molecule has 1 aromatic heterocycles. The van der Waals surface area contributed by atoms with E-state index < -0.39 is 6.10 Å². The SMILES string of the molecule is N#Cc1ccc(C(O)CNCc2ncon2)cc1. The van der Waals surface area contributed by atoms with Crippen molar-refractivity contribution in [3.8, 4) is 6.07 Å². The monoisotopic (exact) mass is 244 g/mol. The molecular formula is C12H12N4O2. The van der Waals surface area contributed by atoms with Crippen LogP contribution in [-0.2, 0) is 6.54 Å². The summed E-state index contributed by atoms with van der Waals surface area (Å²) in [5, 5.41) is 25.2. The number of hydrogen-bond donors (Lipinski definition) is 2. The summed E-state index contributed by atoms with van der Waals surface area (Å²) in [6.45, 7) is 0.810. The first-order valence-corrected chi connectivity index (χ1v) is 5.43. The molecule has 0 bridgehead atoms. The van der Waals surface area contributed by atoms with E-state index >= 15 is 0 Å². The zero-order valence-corrected chi connectivity index (χ0v) is 9.58. The summed E-state index contributed by atoms with van der Waals surface area (Å²) in [6, 6.07) is 8.86. The molecule has 0 aliphatic heterocycles. The van der Waals surface area contributed by atoms with Gasteiger partial charge in [-0.25, -0.2) is 0 Å². The molecule has 0 saturated heterocycles. The molecule has 0 radical (unpaired) electrons. The number of nitrogens with one attached hydrogen (secondary N) is 1. The van der Waals surface area contributed by atoms with E-state index in [0.717, 1.165) is 5.56 Å². The largest absolute Gasteiger partial charge is 0.387 e. The number of hydrogen-bond acceptors (Lipinski definition) is 6. The maximum absolute atomic E-state index is 9.90. The molecule has 1 aromatic carbocycles. The Morgan fingerprint density at radius 2 is 2.17 bits per heavy atom. The van der Waals surface area contributed by atoms with Crippen LogP contribution in [0.15, 0.2) is 35.2 Å². The van der Waals surface area contributed by atoms with Gasteiger partial charge in [-0.05, 0) is 17.7 Å². The van der Waals surface area contributed by atoms with Gasteiger partial charge in [-0.2, -0.15) is 10.2 Å². The number of benzene rings is 1. The average Bonchev–Trinajstić information content (AvgIpc) is 2.92.